The molecule has 0 spiro atoms. The Hall–Kier alpha value is -0.480. The molecule has 2 heterocycles. The van der Waals surface area contributed by atoms with Crippen LogP contribution in [0, 0.1) is 20.1 Å². The Bertz CT molecular complexity index is 841. The Kier molecular flexibility index (Phi) is 3.66. The van der Waals surface area contributed by atoms with Crippen LogP contribution in [0.15, 0.2) is 12.1 Å². The van der Waals surface area contributed by atoms with Crippen LogP contribution in [0.3, 0.4) is 0 Å². The van der Waals surface area contributed by atoms with Gasteiger partial charge in [0.05, 0.1) is 26.1 Å². The van der Waals surface area contributed by atoms with E-state index in [4.69, 9.17) is 12.2 Å². The van der Waals surface area contributed by atoms with Crippen LogP contribution in [-0.4, -0.2) is 29.5 Å². The Morgan fingerprint density at radius 3 is 2.90 bits per heavy atom. The van der Waals surface area contributed by atoms with Crippen LogP contribution in [-0.2, 0) is 16.4 Å². The van der Waals surface area contributed by atoms with Crippen LogP contribution in [0.25, 0.3) is 11.0 Å². The second-order valence-corrected chi connectivity index (χ2v) is 8.87. The standard InChI is InChI=1S/C12H12FIN2O2S2/c13-8-3-11-10(4-9(8)14)15-12(19)16(11)5-7-1-2-20(17,18)6-7/h3-4,7H,1-2,5-6H2,(H,15,19). The quantitative estimate of drug-likeness (QED) is 0.594. The zero-order valence-corrected chi connectivity index (χ0v) is 14.2. The summed E-state index contributed by atoms with van der Waals surface area (Å²) in [5, 5.41) is 0. The van der Waals surface area contributed by atoms with Gasteiger partial charge in [-0.15, -0.1) is 0 Å². The minimum atomic E-state index is -2.91. The van der Waals surface area contributed by atoms with Crippen LogP contribution in [0.4, 0.5) is 4.39 Å². The summed E-state index contributed by atoms with van der Waals surface area (Å²) >= 11 is 7.19. The highest BCUT2D eigenvalue weighted by molar-refractivity contribution is 14.1. The van der Waals surface area contributed by atoms with Gasteiger partial charge in [0.2, 0.25) is 0 Å². The normalized spacial score (nSPS) is 21.6. The number of hydrogen-bond donors (Lipinski definition) is 1. The van der Waals surface area contributed by atoms with Crippen LogP contribution in [0.5, 0.6) is 0 Å². The number of H-pyrrole nitrogens is 1. The molecule has 2 aromatic rings. The van der Waals surface area contributed by atoms with E-state index in [1.807, 2.05) is 22.6 Å². The summed E-state index contributed by atoms with van der Waals surface area (Å²) in [6.07, 6.45) is 0.642. The molecule has 8 heteroatoms. The number of nitrogens with zero attached hydrogens (tertiary/aromatic N) is 1. The first-order chi connectivity index (χ1) is 9.35. The number of nitrogens with one attached hydrogen (secondary N) is 1. The molecular formula is C12H12FIN2O2S2. The van der Waals surface area contributed by atoms with Gasteiger partial charge in [0.15, 0.2) is 14.6 Å². The number of hydrogen-bond acceptors (Lipinski definition) is 3. The van der Waals surface area contributed by atoms with Crippen LogP contribution < -0.4 is 0 Å². The van der Waals surface area contributed by atoms with Gasteiger partial charge in [-0.3, -0.25) is 0 Å². The Labute approximate surface area is 134 Å². The Morgan fingerprint density at radius 1 is 1.50 bits per heavy atom. The Morgan fingerprint density at radius 2 is 2.25 bits per heavy atom. The molecule has 1 aliphatic heterocycles. The molecule has 3 rings (SSSR count). The summed E-state index contributed by atoms with van der Waals surface area (Å²) in [6.45, 7) is 0.512. The lowest BCUT2D eigenvalue weighted by Gasteiger charge is -2.10. The molecule has 0 saturated carbocycles. The van der Waals surface area contributed by atoms with Crippen LogP contribution in [0.2, 0.25) is 0 Å². The van der Waals surface area contributed by atoms with Crippen molar-refractivity contribution in [2.45, 2.75) is 13.0 Å². The number of fused-ring (bicyclic) bond motifs is 1. The molecule has 108 valence electrons. The number of sulfone groups is 1. The van der Waals surface area contributed by atoms with Gasteiger partial charge in [0.25, 0.3) is 0 Å². The lowest BCUT2D eigenvalue weighted by Crippen LogP contribution is -2.12. The third-order valence-electron chi connectivity index (χ3n) is 3.58. The predicted molar refractivity (Wildman–Crippen MR) is 86.6 cm³/mol. The summed E-state index contributed by atoms with van der Waals surface area (Å²) in [5.41, 5.74) is 1.47. The fraction of sp³-hybridized carbons (Fsp3) is 0.417. The number of aromatic amines is 1. The van der Waals surface area contributed by atoms with Crippen LogP contribution >= 0.6 is 34.8 Å². The number of halogens is 2. The molecule has 1 atom stereocenters. The summed E-state index contributed by atoms with van der Waals surface area (Å²) in [7, 11) is -2.91. The fourth-order valence-corrected chi connectivity index (χ4v) is 5.21. The van der Waals surface area contributed by atoms with Crippen molar-refractivity contribution >= 4 is 55.7 Å². The molecule has 1 aromatic carbocycles. The molecule has 1 aromatic heterocycles. The van der Waals surface area contributed by atoms with Gasteiger partial charge in [-0.25, -0.2) is 12.8 Å². The molecule has 1 saturated heterocycles. The van der Waals surface area contributed by atoms with Crippen molar-refractivity contribution in [3.8, 4) is 0 Å². The fourth-order valence-electron chi connectivity index (χ4n) is 2.61. The van der Waals surface area contributed by atoms with Crippen molar-refractivity contribution in [3.05, 3.63) is 26.3 Å². The largest absolute Gasteiger partial charge is 0.331 e. The third-order valence-corrected chi connectivity index (χ3v) is 6.57. The van der Waals surface area contributed by atoms with Crippen molar-refractivity contribution in [1.82, 2.24) is 9.55 Å². The minimum Gasteiger partial charge on any atom is -0.331 e. The summed E-state index contributed by atoms with van der Waals surface area (Å²) < 4.78 is 39.6. The highest BCUT2D eigenvalue weighted by atomic mass is 127. The van der Waals surface area contributed by atoms with E-state index in [2.05, 4.69) is 4.98 Å². The van der Waals surface area contributed by atoms with Gasteiger partial charge in [0.1, 0.15) is 5.82 Å². The van der Waals surface area contributed by atoms with Crippen LogP contribution in [0.1, 0.15) is 6.42 Å². The van der Waals surface area contributed by atoms with Gasteiger partial charge >= 0.3 is 0 Å². The van der Waals surface area contributed by atoms with Gasteiger partial charge in [0, 0.05) is 12.6 Å². The maximum atomic E-state index is 13.7. The van der Waals surface area contributed by atoms with E-state index in [0.717, 1.165) is 5.52 Å². The maximum Gasteiger partial charge on any atom is 0.178 e. The van der Waals surface area contributed by atoms with E-state index >= 15 is 0 Å². The van der Waals surface area contributed by atoms with Gasteiger partial charge in [-0.05, 0) is 53.2 Å². The predicted octanol–water partition coefficient (Wildman–Crippen LogP) is 2.88. The molecule has 1 fully saturated rings. The topological polar surface area (TPSA) is 54.9 Å². The van der Waals surface area contributed by atoms with Gasteiger partial charge in [-0.2, -0.15) is 0 Å². The number of aromatic nitrogens is 2. The highest BCUT2D eigenvalue weighted by Crippen LogP contribution is 2.25. The van der Waals surface area contributed by atoms with Gasteiger partial charge < -0.3 is 9.55 Å². The molecular weight excluding hydrogens is 414 g/mol. The Balaban J connectivity index is 2.02. The molecule has 0 amide bonds. The lowest BCUT2D eigenvalue weighted by atomic mass is 10.1. The number of imidazole rings is 1. The van der Waals surface area contributed by atoms with Crippen molar-refractivity contribution in [2.24, 2.45) is 5.92 Å². The molecule has 1 aliphatic rings. The molecule has 1 unspecified atom stereocenters. The smallest absolute Gasteiger partial charge is 0.178 e. The van der Waals surface area contributed by atoms with Gasteiger partial charge in [-0.1, -0.05) is 0 Å². The van der Waals surface area contributed by atoms with Crippen molar-refractivity contribution in [2.75, 3.05) is 11.5 Å². The molecule has 4 nitrogen and oxygen atoms in total. The monoisotopic (exact) mass is 426 g/mol. The second kappa shape index (κ2) is 5.06. The molecule has 0 radical (unpaired) electrons. The molecule has 0 aliphatic carbocycles. The van der Waals surface area contributed by atoms with E-state index in [-0.39, 0.29) is 23.2 Å². The van der Waals surface area contributed by atoms with E-state index in [9.17, 15) is 12.8 Å². The first-order valence-electron chi connectivity index (χ1n) is 6.14. The second-order valence-electron chi connectivity index (χ2n) is 5.09. The summed E-state index contributed by atoms with van der Waals surface area (Å²) in [4.78, 5) is 3.05. The van der Waals surface area contributed by atoms with E-state index in [0.29, 0.717) is 26.8 Å². The summed E-state index contributed by atoms with van der Waals surface area (Å²) in [6, 6.07) is 3.16. The molecule has 0 bridgehead atoms. The van der Waals surface area contributed by atoms with Crippen molar-refractivity contribution in [3.63, 3.8) is 0 Å². The number of benzene rings is 1. The van der Waals surface area contributed by atoms with E-state index < -0.39 is 9.84 Å². The summed E-state index contributed by atoms with van der Waals surface area (Å²) in [5.74, 6) is 0.182. The average molecular weight is 426 g/mol. The van der Waals surface area contributed by atoms with Crippen molar-refractivity contribution < 1.29 is 12.8 Å². The van der Waals surface area contributed by atoms with Crippen molar-refractivity contribution in [1.29, 1.82) is 0 Å². The zero-order chi connectivity index (χ0) is 14.5. The minimum absolute atomic E-state index is 0.0491. The first-order valence-corrected chi connectivity index (χ1v) is 9.44. The molecule has 20 heavy (non-hydrogen) atoms. The zero-order valence-electron chi connectivity index (χ0n) is 10.4. The molecule has 1 N–H and O–H groups in total. The van der Waals surface area contributed by atoms with E-state index in [1.54, 1.807) is 10.6 Å². The highest BCUT2D eigenvalue weighted by Gasteiger charge is 2.28. The lowest BCUT2D eigenvalue weighted by molar-refractivity contribution is 0.495. The SMILES string of the molecule is O=S1(=O)CCC(Cn2c(=S)[nH]c3cc(I)c(F)cc32)C1. The third kappa shape index (κ3) is 2.64. The average Bonchev–Trinajstić information content (AvgIpc) is 2.83. The maximum absolute atomic E-state index is 13.7. The number of rotatable bonds is 2. The first kappa shape index (κ1) is 14.5. The van der Waals surface area contributed by atoms with E-state index in [1.165, 1.54) is 6.07 Å².